The first-order valence-corrected chi connectivity index (χ1v) is 5.46. The average Bonchev–Trinajstić information content (AvgIpc) is 2.27. The Hall–Kier alpha value is -1.31. The zero-order valence-corrected chi connectivity index (χ0v) is 9.57. The molecule has 0 aromatic carbocycles. The maximum absolute atomic E-state index is 12.1. The number of ether oxygens (including phenoxy) is 1. The summed E-state index contributed by atoms with van der Waals surface area (Å²) in [5.74, 6) is -2.89. The van der Waals surface area contributed by atoms with Crippen molar-refractivity contribution in [1.29, 1.82) is 0 Å². The van der Waals surface area contributed by atoms with Gasteiger partial charge in [-0.25, -0.2) is 4.79 Å². The zero-order valence-electron chi connectivity index (χ0n) is 9.57. The molecule has 1 amide bonds. The van der Waals surface area contributed by atoms with Gasteiger partial charge in [-0.3, -0.25) is 4.79 Å². The SMILES string of the molecule is O=C(O)COCC1CCN(C(=O)C(F)(F)F)CC1. The van der Waals surface area contributed by atoms with Crippen molar-refractivity contribution < 1.29 is 32.6 Å². The molecule has 0 saturated carbocycles. The van der Waals surface area contributed by atoms with Gasteiger partial charge in [0.1, 0.15) is 6.61 Å². The van der Waals surface area contributed by atoms with Gasteiger partial charge in [0.2, 0.25) is 0 Å². The molecule has 0 radical (unpaired) electrons. The van der Waals surface area contributed by atoms with Crippen molar-refractivity contribution in [2.75, 3.05) is 26.3 Å². The van der Waals surface area contributed by atoms with Gasteiger partial charge >= 0.3 is 18.1 Å². The first kappa shape index (κ1) is 14.7. The molecule has 1 aliphatic heterocycles. The maximum atomic E-state index is 12.1. The van der Waals surface area contributed by atoms with E-state index in [0.717, 1.165) is 4.90 Å². The van der Waals surface area contributed by atoms with Crippen LogP contribution in [0.1, 0.15) is 12.8 Å². The maximum Gasteiger partial charge on any atom is 0.471 e. The number of hydrogen-bond donors (Lipinski definition) is 1. The number of likely N-dealkylation sites (tertiary alicyclic amines) is 1. The number of rotatable bonds is 4. The summed E-state index contributed by atoms with van der Waals surface area (Å²) in [6.07, 6.45) is -4.05. The predicted molar refractivity (Wildman–Crippen MR) is 53.8 cm³/mol. The molecule has 1 saturated heterocycles. The molecule has 104 valence electrons. The van der Waals surface area contributed by atoms with Crippen molar-refractivity contribution >= 4 is 11.9 Å². The number of alkyl halides is 3. The Bertz CT molecular complexity index is 311. The highest BCUT2D eigenvalue weighted by molar-refractivity contribution is 5.81. The van der Waals surface area contributed by atoms with Crippen molar-refractivity contribution in [2.45, 2.75) is 19.0 Å². The van der Waals surface area contributed by atoms with Gasteiger partial charge in [0.05, 0.1) is 6.61 Å². The van der Waals surface area contributed by atoms with Gasteiger partial charge in [-0.15, -0.1) is 0 Å². The summed E-state index contributed by atoms with van der Waals surface area (Å²) < 4.78 is 41.3. The number of piperidine rings is 1. The minimum atomic E-state index is -4.83. The van der Waals surface area contributed by atoms with E-state index in [2.05, 4.69) is 0 Å². The summed E-state index contributed by atoms with van der Waals surface area (Å²) in [5, 5.41) is 8.34. The van der Waals surface area contributed by atoms with Gasteiger partial charge in [0, 0.05) is 13.1 Å². The molecule has 0 aromatic rings. The molecule has 0 unspecified atom stereocenters. The molecule has 0 bridgehead atoms. The molecule has 8 heteroatoms. The molecule has 18 heavy (non-hydrogen) atoms. The molecule has 1 heterocycles. The first-order valence-electron chi connectivity index (χ1n) is 5.46. The van der Waals surface area contributed by atoms with Crippen LogP contribution in [-0.4, -0.2) is 54.4 Å². The van der Waals surface area contributed by atoms with E-state index in [9.17, 15) is 22.8 Å². The van der Waals surface area contributed by atoms with Crippen LogP contribution in [0.5, 0.6) is 0 Å². The van der Waals surface area contributed by atoms with Crippen LogP contribution in [0, 0.1) is 5.92 Å². The molecular formula is C10H14F3NO4. The largest absolute Gasteiger partial charge is 0.480 e. The van der Waals surface area contributed by atoms with E-state index >= 15 is 0 Å². The Kier molecular flexibility index (Phi) is 4.94. The number of carbonyl (C=O) groups excluding carboxylic acids is 1. The van der Waals surface area contributed by atoms with Gasteiger partial charge in [-0.05, 0) is 18.8 Å². The standard InChI is InChI=1S/C10H14F3NO4/c11-10(12,13)9(17)14-3-1-7(2-4-14)5-18-6-8(15)16/h7H,1-6H2,(H,15,16). The summed E-state index contributed by atoms with van der Waals surface area (Å²) in [7, 11) is 0. The van der Waals surface area contributed by atoms with Crippen LogP contribution in [0.25, 0.3) is 0 Å². The second-order valence-corrected chi connectivity index (χ2v) is 4.14. The monoisotopic (exact) mass is 269 g/mol. The molecule has 0 aromatic heterocycles. The van der Waals surface area contributed by atoms with Gasteiger partial charge in [0.25, 0.3) is 0 Å². The van der Waals surface area contributed by atoms with Gasteiger partial charge in [0.15, 0.2) is 0 Å². The summed E-state index contributed by atoms with van der Waals surface area (Å²) in [6.45, 7) is -0.166. The molecule has 1 N–H and O–H groups in total. The van der Waals surface area contributed by atoms with Crippen LogP contribution in [-0.2, 0) is 14.3 Å². The Morgan fingerprint density at radius 3 is 2.28 bits per heavy atom. The number of nitrogens with zero attached hydrogens (tertiary/aromatic N) is 1. The first-order chi connectivity index (χ1) is 8.30. The second-order valence-electron chi connectivity index (χ2n) is 4.14. The molecule has 1 rings (SSSR count). The zero-order chi connectivity index (χ0) is 13.8. The Morgan fingerprint density at radius 2 is 1.83 bits per heavy atom. The lowest BCUT2D eigenvalue weighted by Crippen LogP contribution is -2.45. The summed E-state index contributed by atoms with van der Waals surface area (Å²) in [5.41, 5.74) is 0. The fourth-order valence-corrected chi connectivity index (χ4v) is 1.79. The van der Waals surface area contributed by atoms with Crippen LogP contribution in [0.2, 0.25) is 0 Å². The fourth-order valence-electron chi connectivity index (χ4n) is 1.79. The van der Waals surface area contributed by atoms with Crippen LogP contribution in [0.15, 0.2) is 0 Å². The van der Waals surface area contributed by atoms with Crippen LogP contribution >= 0.6 is 0 Å². The van der Waals surface area contributed by atoms with Gasteiger partial charge in [-0.2, -0.15) is 13.2 Å². The molecule has 0 aliphatic carbocycles. The smallest absolute Gasteiger partial charge is 0.471 e. The second kappa shape index (κ2) is 6.03. The van der Waals surface area contributed by atoms with Gasteiger partial charge < -0.3 is 14.7 Å². The molecule has 0 spiro atoms. The van der Waals surface area contributed by atoms with E-state index in [-0.39, 0.29) is 25.6 Å². The predicted octanol–water partition coefficient (Wildman–Crippen LogP) is 0.889. The number of carboxylic acid groups (broad SMARTS) is 1. The molecule has 1 aliphatic rings. The highest BCUT2D eigenvalue weighted by Crippen LogP contribution is 2.23. The van der Waals surface area contributed by atoms with Crippen molar-refractivity contribution in [3.05, 3.63) is 0 Å². The van der Waals surface area contributed by atoms with Crippen LogP contribution < -0.4 is 0 Å². The molecule has 5 nitrogen and oxygen atoms in total. The topological polar surface area (TPSA) is 66.8 Å². The van der Waals surface area contributed by atoms with Crippen molar-refractivity contribution in [3.63, 3.8) is 0 Å². The third kappa shape index (κ3) is 4.52. The Morgan fingerprint density at radius 1 is 1.28 bits per heavy atom. The van der Waals surface area contributed by atoms with E-state index in [4.69, 9.17) is 9.84 Å². The highest BCUT2D eigenvalue weighted by atomic mass is 19.4. The van der Waals surface area contributed by atoms with Crippen LogP contribution in [0.4, 0.5) is 13.2 Å². The Balaban J connectivity index is 2.28. The van der Waals surface area contributed by atoms with E-state index in [0.29, 0.717) is 12.8 Å². The third-order valence-corrected chi connectivity index (χ3v) is 2.72. The normalized spacial score (nSPS) is 17.8. The molecule has 1 fully saturated rings. The lowest BCUT2D eigenvalue weighted by molar-refractivity contribution is -0.187. The van der Waals surface area contributed by atoms with Gasteiger partial charge in [-0.1, -0.05) is 0 Å². The fraction of sp³-hybridized carbons (Fsp3) is 0.800. The number of carboxylic acids is 1. The minimum Gasteiger partial charge on any atom is -0.480 e. The van der Waals surface area contributed by atoms with E-state index in [1.165, 1.54) is 0 Å². The van der Waals surface area contributed by atoms with E-state index in [1.54, 1.807) is 0 Å². The van der Waals surface area contributed by atoms with E-state index < -0.39 is 24.7 Å². The number of aliphatic carboxylic acids is 1. The average molecular weight is 269 g/mol. The number of hydrogen-bond acceptors (Lipinski definition) is 3. The van der Waals surface area contributed by atoms with Crippen molar-refractivity contribution in [2.24, 2.45) is 5.92 Å². The third-order valence-electron chi connectivity index (χ3n) is 2.72. The number of carbonyl (C=O) groups is 2. The summed E-state index contributed by atoms with van der Waals surface area (Å²) >= 11 is 0. The summed E-state index contributed by atoms with van der Waals surface area (Å²) in [6, 6.07) is 0. The van der Waals surface area contributed by atoms with Crippen molar-refractivity contribution in [3.8, 4) is 0 Å². The molecular weight excluding hydrogens is 255 g/mol. The van der Waals surface area contributed by atoms with Crippen molar-refractivity contribution in [1.82, 2.24) is 4.90 Å². The quantitative estimate of drug-likeness (QED) is 0.823. The van der Waals surface area contributed by atoms with Crippen LogP contribution in [0.3, 0.4) is 0 Å². The minimum absolute atomic E-state index is 0.00151. The lowest BCUT2D eigenvalue weighted by atomic mass is 9.98. The molecule has 0 atom stereocenters. The summed E-state index contributed by atoms with van der Waals surface area (Å²) in [4.78, 5) is 21.9. The lowest BCUT2D eigenvalue weighted by Gasteiger charge is -2.32. The number of amides is 1. The highest BCUT2D eigenvalue weighted by Gasteiger charge is 2.43. The number of halogens is 3. The van der Waals surface area contributed by atoms with E-state index in [1.807, 2.05) is 0 Å². The Labute approximate surface area is 102 Å².